The van der Waals surface area contributed by atoms with E-state index in [-0.39, 0.29) is 30.6 Å². The van der Waals surface area contributed by atoms with Crippen molar-refractivity contribution >= 4 is 29.7 Å². The first-order chi connectivity index (χ1) is 12.8. The lowest BCUT2D eigenvalue weighted by atomic mass is 10.1. The topological polar surface area (TPSA) is 99.8 Å². The molecule has 3 rings (SSSR count). The van der Waals surface area contributed by atoms with Crippen molar-refractivity contribution in [3.8, 4) is 0 Å². The first kappa shape index (κ1) is 20.3. The Balaban J connectivity index is 1.55. The molecule has 27 heavy (non-hydrogen) atoms. The summed E-state index contributed by atoms with van der Waals surface area (Å²) in [5.74, 6) is -1.69. The van der Waals surface area contributed by atoms with Crippen molar-refractivity contribution in [2.45, 2.75) is 68.7 Å². The van der Waals surface area contributed by atoms with Gasteiger partial charge in [-0.1, -0.05) is 11.8 Å². The van der Waals surface area contributed by atoms with Crippen LogP contribution in [0.3, 0.4) is 0 Å². The number of alkyl halides is 1. The summed E-state index contributed by atoms with van der Waals surface area (Å²) < 4.78 is 18.8. The van der Waals surface area contributed by atoms with Gasteiger partial charge in [-0.2, -0.15) is 0 Å². The van der Waals surface area contributed by atoms with Gasteiger partial charge in [-0.15, -0.1) is 0 Å². The molecule has 3 aliphatic rings. The predicted octanol–water partition coefficient (Wildman–Crippen LogP) is 0.922. The van der Waals surface area contributed by atoms with E-state index in [0.717, 1.165) is 37.6 Å². The van der Waals surface area contributed by atoms with Gasteiger partial charge in [0.2, 0.25) is 11.8 Å². The van der Waals surface area contributed by atoms with Crippen molar-refractivity contribution in [2.75, 3.05) is 13.1 Å². The van der Waals surface area contributed by atoms with E-state index in [1.807, 2.05) is 0 Å². The highest BCUT2D eigenvalue weighted by molar-refractivity contribution is 8.00. The molecule has 3 aliphatic heterocycles. The molecule has 0 radical (unpaired) electrons. The van der Waals surface area contributed by atoms with Crippen LogP contribution in [-0.2, 0) is 14.3 Å². The van der Waals surface area contributed by atoms with E-state index in [4.69, 9.17) is 4.74 Å². The molecule has 3 fully saturated rings. The highest BCUT2D eigenvalue weighted by Gasteiger charge is 2.43. The van der Waals surface area contributed by atoms with Crippen LogP contribution in [0.25, 0.3) is 0 Å². The van der Waals surface area contributed by atoms with Crippen molar-refractivity contribution in [1.82, 2.24) is 20.9 Å². The maximum Gasteiger partial charge on any atom is 0.414 e. The molecular formula is C17H27FN4O4S. The van der Waals surface area contributed by atoms with Gasteiger partial charge in [-0.05, 0) is 39.7 Å². The highest BCUT2D eigenvalue weighted by Crippen LogP contribution is 2.38. The minimum Gasteiger partial charge on any atom is -0.447 e. The Labute approximate surface area is 162 Å². The number of amides is 3. The van der Waals surface area contributed by atoms with Crippen LogP contribution in [0.2, 0.25) is 0 Å². The van der Waals surface area contributed by atoms with E-state index in [2.05, 4.69) is 20.9 Å². The smallest absolute Gasteiger partial charge is 0.414 e. The zero-order chi connectivity index (χ0) is 19.6. The Morgan fingerprint density at radius 2 is 2.04 bits per heavy atom. The number of halogens is 1. The monoisotopic (exact) mass is 402 g/mol. The molecule has 3 N–H and O–H groups in total. The predicted molar refractivity (Wildman–Crippen MR) is 98.4 cm³/mol. The minimum absolute atomic E-state index is 0.0523. The van der Waals surface area contributed by atoms with Gasteiger partial charge in [0, 0.05) is 13.0 Å². The van der Waals surface area contributed by atoms with Crippen LogP contribution in [0.5, 0.6) is 0 Å². The van der Waals surface area contributed by atoms with Gasteiger partial charge in [-0.25, -0.2) is 9.18 Å². The standard InChI is InChI=1S/C17H27FN4O4S/c1-9(2)26-17(25)21-14(23)10-7-12(18)27-16(10)20-15(24)11-8-22-6-4-3-5-13(22)19-11/h9-13,16,19H,3-8H2,1-2H3,(H,20,24)(H,21,23,25). The van der Waals surface area contributed by atoms with E-state index >= 15 is 0 Å². The van der Waals surface area contributed by atoms with E-state index in [1.165, 1.54) is 0 Å². The third kappa shape index (κ3) is 5.11. The van der Waals surface area contributed by atoms with E-state index in [0.29, 0.717) is 6.54 Å². The van der Waals surface area contributed by atoms with Gasteiger partial charge in [0.1, 0.15) is 11.5 Å². The number of imide groups is 1. The van der Waals surface area contributed by atoms with E-state index < -0.39 is 28.8 Å². The number of hydrogen-bond donors (Lipinski definition) is 3. The molecule has 0 spiro atoms. The molecule has 0 saturated carbocycles. The van der Waals surface area contributed by atoms with Crippen LogP contribution in [0.15, 0.2) is 0 Å². The van der Waals surface area contributed by atoms with Gasteiger partial charge in [-0.3, -0.25) is 25.1 Å². The number of ether oxygens (including phenoxy) is 1. The minimum atomic E-state index is -1.27. The zero-order valence-corrected chi connectivity index (χ0v) is 16.4. The number of nitrogens with one attached hydrogen (secondary N) is 3. The lowest BCUT2D eigenvalue weighted by Crippen LogP contribution is -2.50. The molecule has 3 heterocycles. The van der Waals surface area contributed by atoms with Crippen LogP contribution in [0.4, 0.5) is 9.18 Å². The molecule has 0 aliphatic carbocycles. The summed E-state index contributed by atoms with van der Waals surface area (Å²) in [6.45, 7) is 4.91. The van der Waals surface area contributed by atoms with Gasteiger partial charge in [0.15, 0.2) is 0 Å². The fourth-order valence-corrected chi connectivity index (χ4v) is 5.01. The molecule has 0 aromatic heterocycles. The third-order valence-corrected chi connectivity index (χ3v) is 6.26. The lowest BCUT2D eigenvalue weighted by molar-refractivity contribution is -0.126. The number of rotatable bonds is 4. The molecule has 152 valence electrons. The molecule has 0 aromatic carbocycles. The van der Waals surface area contributed by atoms with Crippen LogP contribution in [0.1, 0.15) is 39.5 Å². The fourth-order valence-electron chi connectivity index (χ4n) is 3.77. The normalized spacial score (nSPS) is 33.6. The number of nitrogens with zero attached hydrogens (tertiary/aromatic N) is 1. The molecule has 3 saturated heterocycles. The average molecular weight is 402 g/mol. The zero-order valence-electron chi connectivity index (χ0n) is 15.6. The second-order valence-corrected chi connectivity index (χ2v) is 8.78. The SMILES string of the molecule is CC(C)OC(=O)NC(=O)C1CC(F)SC1NC(=O)C1CN2CCCCC2N1. The lowest BCUT2D eigenvalue weighted by Gasteiger charge is -2.28. The van der Waals surface area contributed by atoms with Crippen molar-refractivity contribution in [3.63, 3.8) is 0 Å². The summed E-state index contributed by atoms with van der Waals surface area (Å²) in [5, 5.41) is 7.52. The molecule has 0 aromatic rings. The van der Waals surface area contributed by atoms with E-state index in [9.17, 15) is 18.8 Å². The Kier molecular flexibility index (Phi) is 6.59. The third-order valence-electron chi connectivity index (χ3n) is 5.03. The summed E-state index contributed by atoms with van der Waals surface area (Å²) >= 11 is 0.903. The summed E-state index contributed by atoms with van der Waals surface area (Å²) in [7, 11) is 0. The summed E-state index contributed by atoms with van der Waals surface area (Å²) in [5.41, 5.74) is -1.27. The first-order valence-electron chi connectivity index (χ1n) is 9.45. The van der Waals surface area contributed by atoms with Crippen LogP contribution in [-0.4, -0.2) is 65.1 Å². The number of alkyl carbamates (subject to hydrolysis) is 1. The molecule has 8 nitrogen and oxygen atoms in total. The van der Waals surface area contributed by atoms with Crippen LogP contribution < -0.4 is 16.0 Å². The van der Waals surface area contributed by atoms with Crippen molar-refractivity contribution < 1.29 is 23.5 Å². The van der Waals surface area contributed by atoms with Crippen LogP contribution in [0, 0.1) is 5.92 Å². The number of hydrogen-bond acceptors (Lipinski definition) is 7. The fraction of sp³-hybridized carbons (Fsp3) is 0.824. The summed E-state index contributed by atoms with van der Waals surface area (Å²) in [6.07, 6.45) is 2.21. The molecule has 5 atom stereocenters. The second-order valence-electron chi connectivity index (χ2n) is 7.49. The quantitative estimate of drug-likeness (QED) is 0.643. The van der Waals surface area contributed by atoms with Gasteiger partial charge in [0.25, 0.3) is 0 Å². The molecular weight excluding hydrogens is 375 g/mol. The van der Waals surface area contributed by atoms with Crippen molar-refractivity contribution in [1.29, 1.82) is 0 Å². The average Bonchev–Trinajstić information content (AvgIpc) is 3.17. The van der Waals surface area contributed by atoms with Gasteiger partial charge < -0.3 is 10.1 Å². The second kappa shape index (κ2) is 8.74. The number of fused-ring (bicyclic) bond motifs is 1. The number of piperidine rings is 1. The van der Waals surface area contributed by atoms with Crippen molar-refractivity contribution in [3.05, 3.63) is 0 Å². The first-order valence-corrected chi connectivity index (χ1v) is 10.4. The highest BCUT2D eigenvalue weighted by atomic mass is 32.2. The molecule has 5 unspecified atom stereocenters. The summed E-state index contributed by atoms with van der Waals surface area (Å²) in [4.78, 5) is 38.8. The number of carbonyl (C=O) groups is 3. The Bertz CT molecular complexity index is 579. The number of thioether (sulfide) groups is 1. The Morgan fingerprint density at radius 3 is 2.74 bits per heavy atom. The number of carbonyl (C=O) groups excluding carboxylic acids is 3. The largest absolute Gasteiger partial charge is 0.447 e. The Hall–Kier alpha value is -1.39. The van der Waals surface area contributed by atoms with Gasteiger partial charge >= 0.3 is 6.09 Å². The molecule has 0 bridgehead atoms. The maximum absolute atomic E-state index is 13.9. The van der Waals surface area contributed by atoms with Gasteiger partial charge in [0.05, 0.1) is 23.6 Å². The Morgan fingerprint density at radius 1 is 1.26 bits per heavy atom. The molecule has 3 amide bonds. The van der Waals surface area contributed by atoms with Crippen molar-refractivity contribution in [2.24, 2.45) is 5.92 Å². The molecule has 10 heteroatoms. The van der Waals surface area contributed by atoms with E-state index in [1.54, 1.807) is 13.8 Å². The summed E-state index contributed by atoms with van der Waals surface area (Å²) in [6, 6.07) is -0.373. The van der Waals surface area contributed by atoms with Crippen LogP contribution >= 0.6 is 11.8 Å². The maximum atomic E-state index is 13.9.